The van der Waals surface area contributed by atoms with Crippen molar-refractivity contribution in [3.05, 3.63) is 34.1 Å². The van der Waals surface area contributed by atoms with E-state index < -0.39 is 0 Å². The van der Waals surface area contributed by atoms with Crippen molar-refractivity contribution < 1.29 is 4.39 Å². The molecule has 1 nitrogen and oxygen atoms in total. The van der Waals surface area contributed by atoms with E-state index >= 15 is 0 Å². The first-order valence-corrected chi connectivity index (χ1v) is 9.15. The lowest BCUT2D eigenvalue weighted by molar-refractivity contribution is 0.313. The molecule has 1 fully saturated rings. The summed E-state index contributed by atoms with van der Waals surface area (Å²) >= 11 is 3.28. The lowest BCUT2D eigenvalue weighted by Crippen LogP contribution is -2.31. The molecule has 21 heavy (non-hydrogen) atoms. The monoisotopic (exact) mass is 355 g/mol. The van der Waals surface area contributed by atoms with Crippen LogP contribution in [0.5, 0.6) is 0 Å². The van der Waals surface area contributed by atoms with E-state index in [1.165, 1.54) is 50.5 Å². The second-order valence-electron chi connectivity index (χ2n) is 6.29. The first kappa shape index (κ1) is 17.0. The molecule has 1 aliphatic rings. The molecule has 1 N–H and O–H groups in total. The van der Waals surface area contributed by atoms with Crippen molar-refractivity contribution in [2.24, 2.45) is 5.92 Å². The minimum atomic E-state index is -0.180. The minimum Gasteiger partial charge on any atom is -0.314 e. The standard InChI is InChI=1S/C18H27BrFN/c1-2-21-16(10-8-14-6-4-3-5-7-14)12-15-9-11-18(20)17(19)13-15/h9,11,13-14,16,21H,2-8,10,12H2,1H3. The fraction of sp³-hybridized carbons (Fsp3) is 0.667. The topological polar surface area (TPSA) is 12.0 Å². The molecule has 1 aromatic rings. The maximum absolute atomic E-state index is 13.3. The molecule has 0 aliphatic heterocycles. The Labute approximate surface area is 136 Å². The largest absolute Gasteiger partial charge is 0.314 e. The zero-order valence-electron chi connectivity index (χ0n) is 13.0. The third-order valence-electron chi connectivity index (χ3n) is 4.61. The summed E-state index contributed by atoms with van der Waals surface area (Å²) in [4.78, 5) is 0. The normalized spacial score (nSPS) is 17.9. The van der Waals surface area contributed by atoms with Crippen LogP contribution in [-0.2, 0) is 6.42 Å². The number of halogens is 2. The van der Waals surface area contributed by atoms with Crippen molar-refractivity contribution in [3.8, 4) is 0 Å². The van der Waals surface area contributed by atoms with Crippen molar-refractivity contribution >= 4 is 15.9 Å². The summed E-state index contributed by atoms with van der Waals surface area (Å²) in [7, 11) is 0. The van der Waals surface area contributed by atoms with Crippen molar-refractivity contribution in [1.29, 1.82) is 0 Å². The van der Waals surface area contributed by atoms with Crippen LogP contribution >= 0.6 is 15.9 Å². The maximum Gasteiger partial charge on any atom is 0.137 e. The van der Waals surface area contributed by atoms with Crippen LogP contribution in [0, 0.1) is 11.7 Å². The molecular weight excluding hydrogens is 329 g/mol. The van der Waals surface area contributed by atoms with Crippen LogP contribution in [0.3, 0.4) is 0 Å². The van der Waals surface area contributed by atoms with E-state index in [-0.39, 0.29) is 5.82 Å². The van der Waals surface area contributed by atoms with Gasteiger partial charge in [0.1, 0.15) is 5.82 Å². The second kappa shape index (κ2) is 8.89. The predicted molar refractivity (Wildman–Crippen MR) is 91.1 cm³/mol. The highest BCUT2D eigenvalue weighted by Gasteiger charge is 2.16. The third kappa shape index (κ3) is 5.71. The van der Waals surface area contributed by atoms with Crippen molar-refractivity contribution in [2.45, 2.75) is 64.3 Å². The van der Waals surface area contributed by atoms with Crippen molar-refractivity contribution in [3.63, 3.8) is 0 Å². The SMILES string of the molecule is CCNC(CCC1CCCCC1)Cc1ccc(F)c(Br)c1. The minimum absolute atomic E-state index is 0.180. The number of rotatable bonds is 7. The second-order valence-corrected chi connectivity index (χ2v) is 7.14. The summed E-state index contributed by atoms with van der Waals surface area (Å²) in [5, 5.41) is 3.60. The Morgan fingerprint density at radius 2 is 2.05 bits per heavy atom. The van der Waals surface area contributed by atoms with Gasteiger partial charge < -0.3 is 5.32 Å². The Hall–Kier alpha value is -0.410. The zero-order valence-corrected chi connectivity index (χ0v) is 14.6. The molecule has 0 bridgehead atoms. The van der Waals surface area contributed by atoms with E-state index in [1.54, 1.807) is 6.07 Å². The number of hydrogen-bond donors (Lipinski definition) is 1. The van der Waals surface area contributed by atoms with Crippen LogP contribution in [0.1, 0.15) is 57.4 Å². The van der Waals surface area contributed by atoms with E-state index in [9.17, 15) is 4.39 Å². The average Bonchev–Trinajstić information content (AvgIpc) is 2.50. The molecule has 0 radical (unpaired) electrons. The summed E-state index contributed by atoms with van der Waals surface area (Å²) in [5.41, 5.74) is 1.21. The number of benzene rings is 1. The molecule has 0 saturated heterocycles. The molecule has 118 valence electrons. The van der Waals surface area contributed by atoms with Gasteiger partial charge in [0.2, 0.25) is 0 Å². The highest BCUT2D eigenvalue weighted by molar-refractivity contribution is 9.10. The van der Waals surface area contributed by atoms with Crippen molar-refractivity contribution in [1.82, 2.24) is 5.32 Å². The van der Waals surface area contributed by atoms with Crippen LogP contribution in [0.4, 0.5) is 4.39 Å². The molecule has 0 aromatic heterocycles. The fourth-order valence-corrected chi connectivity index (χ4v) is 3.85. The van der Waals surface area contributed by atoms with Gasteiger partial charge in [0.15, 0.2) is 0 Å². The number of likely N-dealkylation sites (N-methyl/N-ethyl adjacent to an activating group) is 1. The van der Waals surface area contributed by atoms with Crippen LogP contribution in [-0.4, -0.2) is 12.6 Å². The van der Waals surface area contributed by atoms with Gasteiger partial charge in [-0.2, -0.15) is 0 Å². The van der Waals surface area contributed by atoms with E-state index in [2.05, 4.69) is 28.2 Å². The van der Waals surface area contributed by atoms with E-state index in [1.807, 2.05) is 12.1 Å². The van der Waals surface area contributed by atoms with Crippen LogP contribution in [0.2, 0.25) is 0 Å². The predicted octanol–water partition coefficient (Wildman–Crippen LogP) is 5.47. The third-order valence-corrected chi connectivity index (χ3v) is 5.21. The lowest BCUT2D eigenvalue weighted by Gasteiger charge is -2.25. The molecule has 1 saturated carbocycles. The molecule has 0 heterocycles. The molecule has 2 rings (SSSR count). The quantitative estimate of drug-likeness (QED) is 0.683. The van der Waals surface area contributed by atoms with E-state index in [0.717, 1.165) is 18.9 Å². The van der Waals surface area contributed by atoms with Crippen LogP contribution in [0.15, 0.2) is 22.7 Å². The summed E-state index contributed by atoms with van der Waals surface area (Å²) in [6, 6.07) is 5.89. The molecule has 3 heteroatoms. The highest BCUT2D eigenvalue weighted by atomic mass is 79.9. The van der Waals surface area contributed by atoms with Gasteiger partial charge in [-0.15, -0.1) is 0 Å². The molecule has 1 aliphatic carbocycles. The fourth-order valence-electron chi connectivity index (χ4n) is 3.43. The summed E-state index contributed by atoms with van der Waals surface area (Å²) in [5.74, 6) is 0.751. The maximum atomic E-state index is 13.3. The highest BCUT2D eigenvalue weighted by Crippen LogP contribution is 2.28. The molecular formula is C18H27BrFN. The van der Waals surface area contributed by atoms with E-state index in [4.69, 9.17) is 0 Å². The van der Waals surface area contributed by atoms with Gasteiger partial charge in [-0.05, 0) is 65.4 Å². The number of nitrogens with one attached hydrogen (secondary N) is 1. The molecule has 1 atom stereocenters. The molecule has 0 spiro atoms. The first-order chi connectivity index (χ1) is 10.2. The first-order valence-electron chi connectivity index (χ1n) is 8.36. The Bertz CT molecular complexity index is 429. The Morgan fingerprint density at radius 1 is 1.29 bits per heavy atom. The Balaban J connectivity index is 1.86. The van der Waals surface area contributed by atoms with E-state index in [0.29, 0.717) is 10.5 Å². The van der Waals surface area contributed by atoms with Gasteiger partial charge in [-0.25, -0.2) is 4.39 Å². The van der Waals surface area contributed by atoms with Gasteiger partial charge in [0.25, 0.3) is 0 Å². The smallest absolute Gasteiger partial charge is 0.137 e. The molecule has 0 amide bonds. The summed E-state index contributed by atoms with van der Waals surface area (Å²) < 4.78 is 13.9. The molecule has 1 unspecified atom stereocenters. The average molecular weight is 356 g/mol. The van der Waals surface area contributed by atoms with Crippen LogP contribution in [0.25, 0.3) is 0 Å². The van der Waals surface area contributed by atoms with Gasteiger partial charge in [0.05, 0.1) is 4.47 Å². The van der Waals surface area contributed by atoms with Gasteiger partial charge in [-0.3, -0.25) is 0 Å². The summed E-state index contributed by atoms with van der Waals surface area (Å²) in [6.07, 6.45) is 10.6. The van der Waals surface area contributed by atoms with Crippen LogP contribution < -0.4 is 5.32 Å². The lowest BCUT2D eigenvalue weighted by atomic mass is 9.84. The van der Waals surface area contributed by atoms with Gasteiger partial charge in [-0.1, -0.05) is 45.1 Å². The summed E-state index contributed by atoms with van der Waals surface area (Å²) in [6.45, 7) is 3.16. The Morgan fingerprint density at radius 3 is 2.71 bits per heavy atom. The zero-order chi connectivity index (χ0) is 15.1. The molecule has 1 aromatic carbocycles. The van der Waals surface area contributed by atoms with Gasteiger partial charge >= 0.3 is 0 Å². The Kier molecular flexibility index (Phi) is 7.18. The van der Waals surface area contributed by atoms with Crippen molar-refractivity contribution in [2.75, 3.05) is 6.54 Å². The van der Waals surface area contributed by atoms with Gasteiger partial charge in [0, 0.05) is 6.04 Å². The number of hydrogen-bond acceptors (Lipinski definition) is 1.